The van der Waals surface area contributed by atoms with Gasteiger partial charge >= 0.3 is 0 Å². The number of benzene rings is 2. The Morgan fingerprint density at radius 1 is 1.17 bits per heavy atom. The number of carbonyl (C=O) groups excluding carboxylic acids is 1. The zero-order valence-corrected chi connectivity index (χ0v) is 14.1. The molecule has 24 heavy (non-hydrogen) atoms. The first kappa shape index (κ1) is 17.9. The van der Waals surface area contributed by atoms with Crippen LogP contribution in [0.1, 0.15) is 6.42 Å². The fraction of sp³-hybridized carbons (Fsp3) is 0.176. The monoisotopic (exact) mass is 394 g/mol. The minimum absolute atomic E-state index is 0.128. The number of hydrogen-bond acceptors (Lipinski definition) is 3. The average molecular weight is 395 g/mol. The lowest BCUT2D eigenvalue weighted by atomic mass is 10.2. The van der Waals surface area contributed by atoms with E-state index in [0.717, 1.165) is 0 Å². The third-order valence-corrected chi connectivity index (χ3v) is 3.75. The molecule has 2 aromatic rings. The summed E-state index contributed by atoms with van der Waals surface area (Å²) in [6, 6.07) is 11.2. The molecule has 7 heteroatoms. The van der Waals surface area contributed by atoms with Crippen molar-refractivity contribution >= 4 is 27.5 Å². The molecule has 0 radical (unpaired) electrons. The van der Waals surface area contributed by atoms with E-state index in [-0.39, 0.29) is 19.6 Å². The van der Waals surface area contributed by atoms with E-state index in [2.05, 4.69) is 15.9 Å². The first-order chi connectivity index (χ1) is 11.5. The Morgan fingerprint density at radius 3 is 2.46 bits per heavy atom. The summed E-state index contributed by atoms with van der Waals surface area (Å²) in [5.41, 5.74) is 0.471. The van der Waals surface area contributed by atoms with Crippen molar-refractivity contribution < 1.29 is 18.3 Å². The SMILES string of the molecule is N#CCCN(C(=O)COc1ccc(F)cc1Br)c1ccc(F)cc1. The van der Waals surface area contributed by atoms with Crippen LogP contribution in [0.2, 0.25) is 0 Å². The Labute approximate surface area is 146 Å². The Balaban J connectivity index is 2.10. The summed E-state index contributed by atoms with van der Waals surface area (Å²) in [6.45, 7) is -0.137. The lowest BCUT2D eigenvalue weighted by Gasteiger charge is -2.22. The highest BCUT2D eigenvalue weighted by atomic mass is 79.9. The average Bonchev–Trinajstić information content (AvgIpc) is 2.56. The molecule has 2 rings (SSSR count). The van der Waals surface area contributed by atoms with Gasteiger partial charge in [-0.25, -0.2) is 8.78 Å². The van der Waals surface area contributed by atoms with Crippen LogP contribution in [-0.4, -0.2) is 19.1 Å². The fourth-order valence-electron chi connectivity index (χ4n) is 1.99. The van der Waals surface area contributed by atoms with Gasteiger partial charge in [0.1, 0.15) is 17.4 Å². The number of carbonyl (C=O) groups is 1. The molecule has 0 aliphatic carbocycles. The minimum Gasteiger partial charge on any atom is -0.483 e. The summed E-state index contributed by atoms with van der Waals surface area (Å²) in [4.78, 5) is 13.7. The van der Waals surface area contributed by atoms with Gasteiger partial charge in [0.2, 0.25) is 0 Å². The van der Waals surface area contributed by atoms with E-state index in [1.807, 2.05) is 6.07 Å². The molecule has 0 unspecified atom stereocenters. The van der Waals surface area contributed by atoms with Crippen LogP contribution in [0.3, 0.4) is 0 Å². The summed E-state index contributed by atoms with van der Waals surface area (Å²) in [5, 5.41) is 8.74. The maximum absolute atomic E-state index is 13.0. The van der Waals surface area contributed by atoms with E-state index in [1.165, 1.54) is 47.4 Å². The molecule has 0 saturated heterocycles. The van der Waals surface area contributed by atoms with Crippen molar-refractivity contribution in [2.45, 2.75) is 6.42 Å². The van der Waals surface area contributed by atoms with Gasteiger partial charge < -0.3 is 9.64 Å². The largest absolute Gasteiger partial charge is 0.483 e. The second-order valence-electron chi connectivity index (χ2n) is 4.79. The number of ether oxygens (including phenoxy) is 1. The van der Waals surface area contributed by atoms with E-state index < -0.39 is 17.5 Å². The van der Waals surface area contributed by atoms with E-state index in [9.17, 15) is 13.6 Å². The van der Waals surface area contributed by atoms with Crippen LogP contribution >= 0.6 is 15.9 Å². The Bertz CT molecular complexity index is 760. The Morgan fingerprint density at radius 2 is 1.83 bits per heavy atom. The van der Waals surface area contributed by atoms with Gasteiger partial charge in [-0.05, 0) is 58.4 Å². The van der Waals surface area contributed by atoms with E-state index >= 15 is 0 Å². The predicted octanol–water partition coefficient (Wildman–Crippen LogP) is 4.05. The summed E-state index contributed by atoms with van der Waals surface area (Å²) < 4.78 is 31.9. The molecule has 0 aliphatic rings. The van der Waals surface area contributed by atoms with Gasteiger partial charge in [0.25, 0.3) is 5.91 Å². The summed E-state index contributed by atoms with van der Waals surface area (Å²) >= 11 is 3.15. The van der Waals surface area contributed by atoms with Gasteiger partial charge in [-0.15, -0.1) is 0 Å². The van der Waals surface area contributed by atoms with Crippen molar-refractivity contribution in [3.63, 3.8) is 0 Å². The number of halogens is 3. The second-order valence-corrected chi connectivity index (χ2v) is 5.65. The second kappa shape index (κ2) is 8.41. The smallest absolute Gasteiger partial charge is 0.264 e. The highest BCUT2D eigenvalue weighted by molar-refractivity contribution is 9.10. The van der Waals surface area contributed by atoms with E-state index in [4.69, 9.17) is 10.00 Å². The third kappa shape index (κ3) is 4.77. The summed E-state index contributed by atoms with van der Waals surface area (Å²) in [7, 11) is 0. The van der Waals surface area contributed by atoms with Crippen LogP contribution in [0.5, 0.6) is 5.75 Å². The number of hydrogen-bond donors (Lipinski definition) is 0. The zero-order chi connectivity index (χ0) is 17.5. The quantitative estimate of drug-likeness (QED) is 0.742. The van der Waals surface area contributed by atoms with Gasteiger partial charge in [0.05, 0.1) is 17.0 Å². The topological polar surface area (TPSA) is 53.3 Å². The molecule has 2 aromatic carbocycles. The molecule has 0 spiro atoms. The zero-order valence-electron chi connectivity index (χ0n) is 12.5. The molecule has 124 valence electrons. The first-order valence-electron chi connectivity index (χ1n) is 7.02. The van der Waals surface area contributed by atoms with Crippen molar-refractivity contribution in [1.29, 1.82) is 5.26 Å². The number of amides is 1. The van der Waals surface area contributed by atoms with Gasteiger partial charge in [0, 0.05) is 12.2 Å². The van der Waals surface area contributed by atoms with Crippen molar-refractivity contribution in [3.05, 3.63) is 58.6 Å². The van der Waals surface area contributed by atoms with E-state index in [1.54, 1.807) is 0 Å². The Kier molecular flexibility index (Phi) is 6.27. The molecule has 0 bridgehead atoms. The van der Waals surface area contributed by atoms with Crippen LogP contribution < -0.4 is 9.64 Å². The van der Waals surface area contributed by atoms with Crippen molar-refractivity contribution in [2.75, 3.05) is 18.1 Å². The van der Waals surface area contributed by atoms with Crippen LogP contribution in [0.4, 0.5) is 14.5 Å². The third-order valence-electron chi connectivity index (χ3n) is 3.13. The van der Waals surface area contributed by atoms with Gasteiger partial charge in [-0.3, -0.25) is 4.79 Å². The van der Waals surface area contributed by atoms with Crippen LogP contribution in [-0.2, 0) is 4.79 Å². The van der Waals surface area contributed by atoms with E-state index in [0.29, 0.717) is 15.9 Å². The molecule has 0 aromatic heterocycles. The fourth-order valence-corrected chi connectivity index (χ4v) is 2.46. The first-order valence-corrected chi connectivity index (χ1v) is 7.81. The molecule has 0 N–H and O–H groups in total. The highest BCUT2D eigenvalue weighted by Crippen LogP contribution is 2.25. The normalized spacial score (nSPS) is 10.1. The molecule has 1 amide bonds. The highest BCUT2D eigenvalue weighted by Gasteiger charge is 2.17. The number of nitrogens with zero attached hydrogens (tertiary/aromatic N) is 2. The molecule has 0 saturated carbocycles. The maximum atomic E-state index is 13.0. The predicted molar refractivity (Wildman–Crippen MR) is 88.6 cm³/mol. The molecule has 0 fully saturated rings. The lowest BCUT2D eigenvalue weighted by molar-refractivity contribution is -0.120. The van der Waals surface area contributed by atoms with Crippen LogP contribution in [0.25, 0.3) is 0 Å². The van der Waals surface area contributed by atoms with Crippen molar-refractivity contribution in [2.24, 2.45) is 0 Å². The molecular formula is C17H13BrF2N2O2. The number of nitriles is 1. The molecule has 0 atom stereocenters. The number of rotatable bonds is 6. The minimum atomic E-state index is -0.428. The molecule has 0 heterocycles. The molecule has 0 aliphatic heterocycles. The van der Waals surface area contributed by atoms with Crippen molar-refractivity contribution in [3.8, 4) is 11.8 Å². The number of anilines is 1. The summed E-state index contributed by atoms with van der Waals surface area (Å²) in [6.07, 6.45) is 0.128. The van der Waals surface area contributed by atoms with Crippen LogP contribution in [0.15, 0.2) is 46.9 Å². The molecule has 4 nitrogen and oxygen atoms in total. The summed E-state index contributed by atoms with van der Waals surface area (Å²) in [5.74, 6) is -0.919. The van der Waals surface area contributed by atoms with Crippen molar-refractivity contribution in [1.82, 2.24) is 0 Å². The van der Waals surface area contributed by atoms with Crippen LogP contribution in [0, 0.1) is 23.0 Å². The Hall–Kier alpha value is -2.46. The standard InChI is InChI=1S/C17H13BrF2N2O2/c18-15-10-13(20)4-7-16(15)24-11-17(23)22(9-1-8-21)14-5-2-12(19)3-6-14/h2-7,10H,1,9,11H2. The van der Waals surface area contributed by atoms with Gasteiger partial charge in [0.15, 0.2) is 6.61 Å². The van der Waals surface area contributed by atoms with Gasteiger partial charge in [-0.1, -0.05) is 0 Å². The lowest BCUT2D eigenvalue weighted by Crippen LogP contribution is -2.35. The molecular weight excluding hydrogens is 382 g/mol. The maximum Gasteiger partial charge on any atom is 0.264 e. The van der Waals surface area contributed by atoms with Gasteiger partial charge in [-0.2, -0.15) is 5.26 Å².